The van der Waals surface area contributed by atoms with E-state index in [9.17, 15) is 0 Å². The van der Waals surface area contributed by atoms with Gasteiger partial charge in [0.2, 0.25) is 0 Å². The van der Waals surface area contributed by atoms with Gasteiger partial charge in [0.05, 0.1) is 0 Å². The molecule has 1 aromatic rings. The topological polar surface area (TPSA) is 12.0 Å². The molecule has 0 unspecified atom stereocenters. The van der Waals surface area contributed by atoms with Crippen LogP contribution in [0, 0.1) is 19.8 Å². The van der Waals surface area contributed by atoms with Crippen molar-refractivity contribution in [1.29, 1.82) is 0 Å². The van der Waals surface area contributed by atoms with Crippen molar-refractivity contribution in [3.05, 3.63) is 34.9 Å². The SMILES string of the molecule is Cc1ccc(C)c(CCNCC2CCCCC2)c1. The first-order valence-corrected chi connectivity index (χ1v) is 7.52. The molecule has 1 fully saturated rings. The maximum absolute atomic E-state index is 3.65. The second-order valence-electron chi connectivity index (χ2n) is 5.89. The highest BCUT2D eigenvalue weighted by molar-refractivity contribution is 5.30. The van der Waals surface area contributed by atoms with Gasteiger partial charge in [0.25, 0.3) is 0 Å². The molecule has 0 aromatic heterocycles. The van der Waals surface area contributed by atoms with Gasteiger partial charge in [-0.1, -0.05) is 43.0 Å². The van der Waals surface area contributed by atoms with Crippen molar-refractivity contribution in [3.63, 3.8) is 0 Å². The summed E-state index contributed by atoms with van der Waals surface area (Å²) in [5, 5.41) is 3.65. The molecule has 0 spiro atoms. The van der Waals surface area contributed by atoms with Crippen LogP contribution in [-0.4, -0.2) is 13.1 Å². The third-order valence-electron chi connectivity index (χ3n) is 4.23. The fraction of sp³-hybridized carbons (Fsp3) is 0.647. The largest absolute Gasteiger partial charge is 0.316 e. The molecule has 0 saturated heterocycles. The Morgan fingerprint density at radius 1 is 1.11 bits per heavy atom. The fourth-order valence-electron chi connectivity index (χ4n) is 2.99. The molecular formula is C17H27N. The lowest BCUT2D eigenvalue weighted by atomic mass is 9.89. The molecule has 1 N–H and O–H groups in total. The molecule has 1 aromatic carbocycles. The van der Waals surface area contributed by atoms with Crippen LogP contribution in [0.5, 0.6) is 0 Å². The summed E-state index contributed by atoms with van der Waals surface area (Å²) in [6, 6.07) is 6.78. The van der Waals surface area contributed by atoms with Crippen LogP contribution in [0.4, 0.5) is 0 Å². The molecular weight excluding hydrogens is 218 g/mol. The molecule has 1 aliphatic rings. The van der Waals surface area contributed by atoms with Crippen molar-refractivity contribution in [2.24, 2.45) is 5.92 Å². The molecule has 1 saturated carbocycles. The second kappa shape index (κ2) is 6.94. The Kier molecular flexibility index (Phi) is 5.25. The highest BCUT2D eigenvalue weighted by atomic mass is 14.9. The van der Waals surface area contributed by atoms with E-state index in [-0.39, 0.29) is 0 Å². The third kappa shape index (κ3) is 4.13. The first-order chi connectivity index (χ1) is 8.75. The van der Waals surface area contributed by atoms with Crippen molar-refractivity contribution >= 4 is 0 Å². The monoisotopic (exact) mass is 245 g/mol. The van der Waals surface area contributed by atoms with Crippen LogP contribution in [0.25, 0.3) is 0 Å². The average molecular weight is 245 g/mol. The highest BCUT2D eigenvalue weighted by Crippen LogP contribution is 2.22. The van der Waals surface area contributed by atoms with Gasteiger partial charge < -0.3 is 5.32 Å². The van der Waals surface area contributed by atoms with E-state index in [1.54, 1.807) is 0 Å². The molecule has 0 heterocycles. The van der Waals surface area contributed by atoms with E-state index in [2.05, 4.69) is 37.4 Å². The smallest absolute Gasteiger partial charge is 0.000813 e. The number of benzene rings is 1. The second-order valence-corrected chi connectivity index (χ2v) is 5.89. The van der Waals surface area contributed by atoms with Gasteiger partial charge in [0, 0.05) is 0 Å². The molecule has 1 heteroatoms. The van der Waals surface area contributed by atoms with Crippen molar-refractivity contribution in [2.45, 2.75) is 52.4 Å². The Balaban J connectivity index is 1.69. The van der Waals surface area contributed by atoms with Gasteiger partial charge in [-0.2, -0.15) is 0 Å². The van der Waals surface area contributed by atoms with Crippen molar-refractivity contribution in [2.75, 3.05) is 13.1 Å². The molecule has 0 bridgehead atoms. The molecule has 1 aliphatic carbocycles. The standard InChI is InChI=1S/C17H27N/c1-14-8-9-15(2)17(12-14)10-11-18-13-16-6-4-3-5-7-16/h8-9,12,16,18H,3-7,10-11,13H2,1-2H3. The summed E-state index contributed by atoms with van der Waals surface area (Å²) in [5.41, 5.74) is 4.31. The molecule has 1 nitrogen and oxygen atoms in total. The number of nitrogens with one attached hydrogen (secondary N) is 1. The van der Waals surface area contributed by atoms with Gasteiger partial charge in [0.15, 0.2) is 0 Å². The quantitative estimate of drug-likeness (QED) is 0.773. The maximum atomic E-state index is 3.65. The Bertz CT molecular complexity index is 364. The number of hydrogen-bond acceptors (Lipinski definition) is 1. The van der Waals surface area contributed by atoms with Crippen LogP contribution in [0.15, 0.2) is 18.2 Å². The molecule has 0 atom stereocenters. The minimum atomic E-state index is 0.942. The molecule has 0 amide bonds. The summed E-state index contributed by atoms with van der Waals surface area (Å²) in [6.07, 6.45) is 8.40. The Hall–Kier alpha value is -0.820. The average Bonchev–Trinajstić information content (AvgIpc) is 2.40. The van der Waals surface area contributed by atoms with E-state index in [4.69, 9.17) is 0 Å². The van der Waals surface area contributed by atoms with Crippen LogP contribution < -0.4 is 5.32 Å². The van der Waals surface area contributed by atoms with E-state index in [1.807, 2.05) is 0 Å². The van der Waals surface area contributed by atoms with Crippen LogP contribution in [0.3, 0.4) is 0 Å². The zero-order valence-corrected chi connectivity index (χ0v) is 12.0. The fourth-order valence-corrected chi connectivity index (χ4v) is 2.99. The molecule has 18 heavy (non-hydrogen) atoms. The summed E-state index contributed by atoms with van der Waals surface area (Å²) in [7, 11) is 0. The Morgan fingerprint density at radius 2 is 1.89 bits per heavy atom. The van der Waals surface area contributed by atoms with Crippen molar-refractivity contribution < 1.29 is 0 Å². The highest BCUT2D eigenvalue weighted by Gasteiger charge is 2.12. The number of hydrogen-bond donors (Lipinski definition) is 1. The predicted octanol–water partition coefficient (Wildman–Crippen LogP) is 4.02. The van der Waals surface area contributed by atoms with Gasteiger partial charge in [-0.15, -0.1) is 0 Å². The summed E-state index contributed by atoms with van der Waals surface area (Å²) in [4.78, 5) is 0. The van der Waals surface area contributed by atoms with Crippen LogP contribution >= 0.6 is 0 Å². The molecule has 0 aliphatic heterocycles. The van der Waals surface area contributed by atoms with E-state index in [0.29, 0.717) is 0 Å². The van der Waals surface area contributed by atoms with E-state index in [0.717, 1.165) is 12.5 Å². The summed E-state index contributed by atoms with van der Waals surface area (Å²) in [6.45, 7) is 6.75. The summed E-state index contributed by atoms with van der Waals surface area (Å²) < 4.78 is 0. The first-order valence-electron chi connectivity index (χ1n) is 7.52. The van der Waals surface area contributed by atoms with Crippen molar-refractivity contribution in [1.82, 2.24) is 5.32 Å². The van der Waals surface area contributed by atoms with E-state index >= 15 is 0 Å². The van der Waals surface area contributed by atoms with Gasteiger partial charge in [-0.05, 0) is 63.2 Å². The lowest BCUT2D eigenvalue weighted by Crippen LogP contribution is -2.26. The number of aryl methyl sites for hydroxylation is 2. The minimum absolute atomic E-state index is 0.942. The van der Waals surface area contributed by atoms with Gasteiger partial charge in [-0.25, -0.2) is 0 Å². The lowest BCUT2D eigenvalue weighted by Gasteiger charge is -2.21. The third-order valence-corrected chi connectivity index (χ3v) is 4.23. The van der Waals surface area contributed by atoms with Gasteiger partial charge in [-0.3, -0.25) is 0 Å². The van der Waals surface area contributed by atoms with Gasteiger partial charge >= 0.3 is 0 Å². The zero-order chi connectivity index (χ0) is 12.8. The lowest BCUT2D eigenvalue weighted by molar-refractivity contribution is 0.343. The van der Waals surface area contributed by atoms with Crippen LogP contribution in [-0.2, 0) is 6.42 Å². The first kappa shape index (κ1) is 13.6. The van der Waals surface area contributed by atoms with E-state index < -0.39 is 0 Å². The van der Waals surface area contributed by atoms with Crippen molar-refractivity contribution in [3.8, 4) is 0 Å². The van der Waals surface area contributed by atoms with Gasteiger partial charge in [0.1, 0.15) is 0 Å². The maximum Gasteiger partial charge on any atom is -0.000813 e. The molecule has 100 valence electrons. The zero-order valence-electron chi connectivity index (χ0n) is 12.0. The minimum Gasteiger partial charge on any atom is -0.316 e. The molecule has 2 rings (SSSR count). The summed E-state index contributed by atoms with van der Waals surface area (Å²) in [5.74, 6) is 0.942. The number of rotatable bonds is 5. The van der Waals surface area contributed by atoms with Crippen LogP contribution in [0.1, 0.15) is 48.8 Å². The Morgan fingerprint density at radius 3 is 2.67 bits per heavy atom. The molecule has 0 radical (unpaired) electrons. The Labute approximate surface area is 112 Å². The predicted molar refractivity (Wildman–Crippen MR) is 79.1 cm³/mol. The normalized spacial score (nSPS) is 17.0. The summed E-state index contributed by atoms with van der Waals surface area (Å²) >= 11 is 0. The van der Waals surface area contributed by atoms with E-state index in [1.165, 1.54) is 61.8 Å². The van der Waals surface area contributed by atoms with Crippen LogP contribution in [0.2, 0.25) is 0 Å².